The Morgan fingerprint density at radius 1 is 1.24 bits per heavy atom. The van der Waals surface area contributed by atoms with Gasteiger partial charge in [-0.3, -0.25) is 0 Å². The van der Waals surface area contributed by atoms with Gasteiger partial charge in [0.15, 0.2) is 0 Å². The number of hydrogen-bond acceptors (Lipinski definition) is 2. The molecule has 0 spiro atoms. The summed E-state index contributed by atoms with van der Waals surface area (Å²) >= 11 is 0. The van der Waals surface area contributed by atoms with Gasteiger partial charge >= 0.3 is 5.97 Å². The van der Waals surface area contributed by atoms with Gasteiger partial charge in [0.05, 0.1) is 6.61 Å². The van der Waals surface area contributed by atoms with Gasteiger partial charge in [-0.2, -0.15) is 0 Å². The Kier molecular flexibility index (Phi) is 10.1. The Labute approximate surface area is 131 Å². The van der Waals surface area contributed by atoms with Gasteiger partial charge in [0.25, 0.3) is 0 Å². The number of carbonyl (C=O) groups excluding carboxylic acids is 1. The minimum atomic E-state index is -0.254. The third-order valence-corrected chi connectivity index (χ3v) is 3.46. The molecule has 0 bridgehead atoms. The Balaban J connectivity index is 3.86. The standard InChI is InChI=1S/C19H34O2/c1-7-21-18(20)15-17(3)12-9-8-11-16(2)13-10-14-19(4,5)6/h9,12,15-16H,7-8,10-11,13-14H2,1-6H3. The molecule has 1 unspecified atom stereocenters. The molecular formula is C19H34O2. The molecule has 0 aliphatic carbocycles. The smallest absolute Gasteiger partial charge is 0.330 e. The van der Waals surface area contributed by atoms with E-state index >= 15 is 0 Å². The molecule has 0 rings (SSSR count). The summed E-state index contributed by atoms with van der Waals surface area (Å²) in [5, 5.41) is 0. The highest BCUT2D eigenvalue weighted by atomic mass is 16.5. The summed E-state index contributed by atoms with van der Waals surface area (Å²) in [6.45, 7) is 13.4. The van der Waals surface area contributed by atoms with Crippen molar-refractivity contribution in [2.24, 2.45) is 11.3 Å². The van der Waals surface area contributed by atoms with Crippen molar-refractivity contribution in [3.8, 4) is 0 Å². The predicted octanol–water partition coefficient (Wildman–Crippen LogP) is 5.68. The maximum atomic E-state index is 11.3. The summed E-state index contributed by atoms with van der Waals surface area (Å²) in [4.78, 5) is 11.3. The molecular weight excluding hydrogens is 260 g/mol. The molecule has 0 radical (unpaired) electrons. The highest BCUT2D eigenvalue weighted by Gasteiger charge is 2.10. The van der Waals surface area contributed by atoms with Gasteiger partial charge in [-0.05, 0) is 50.0 Å². The number of rotatable bonds is 9. The first-order chi connectivity index (χ1) is 9.74. The van der Waals surface area contributed by atoms with Crippen LogP contribution in [0.3, 0.4) is 0 Å². The topological polar surface area (TPSA) is 26.3 Å². The van der Waals surface area contributed by atoms with Gasteiger partial charge in [-0.15, -0.1) is 0 Å². The molecule has 0 aliphatic rings. The highest BCUT2D eigenvalue weighted by molar-refractivity contribution is 5.83. The van der Waals surface area contributed by atoms with Crippen molar-refractivity contribution in [3.05, 3.63) is 23.8 Å². The normalized spacial score (nSPS) is 14.5. The Morgan fingerprint density at radius 3 is 2.48 bits per heavy atom. The zero-order valence-corrected chi connectivity index (χ0v) is 14.9. The van der Waals surface area contributed by atoms with Gasteiger partial charge in [0, 0.05) is 6.08 Å². The average Bonchev–Trinajstić information content (AvgIpc) is 2.33. The third kappa shape index (κ3) is 13.7. The molecule has 0 aliphatic heterocycles. The molecule has 0 fully saturated rings. The molecule has 21 heavy (non-hydrogen) atoms. The zero-order chi connectivity index (χ0) is 16.3. The third-order valence-electron chi connectivity index (χ3n) is 3.46. The van der Waals surface area contributed by atoms with Crippen molar-refractivity contribution in [2.45, 2.75) is 73.6 Å². The summed E-state index contributed by atoms with van der Waals surface area (Å²) < 4.78 is 4.88. The second-order valence-electron chi connectivity index (χ2n) is 7.18. The summed E-state index contributed by atoms with van der Waals surface area (Å²) in [5.41, 5.74) is 1.41. The van der Waals surface area contributed by atoms with E-state index in [0.29, 0.717) is 12.0 Å². The summed E-state index contributed by atoms with van der Waals surface area (Å²) in [6, 6.07) is 0. The lowest BCUT2D eigenvalue weighted by molar-refractivity contribution is -0.137. The number of allylic oxidation sites excluding steroid dienone is 3. The van der Waals surface area contributed by atoms with Gasteiger partial charge < -0.3 is 4.74 Å². The van der Waals surface area contributed by atoms with Crippen LogP contribution in [0.15, 0.2) is 23.8 Å². The van der Waals surface area contributed by atoms with Crippen molar-refractivity contribution in [1.82, 2.24) is 0 Å². The van der Waals surface area contributed by atoms with E-state index in [1.165, 1.54) is 25.7 Å². The molecule has 1 atom stereocenters. The van der Waals surface area contributed by atoms with Crippen molar-refractivity contribution < 1.29 is 9.53 Å². The van der Waals surface area contributed by atoms with E-state index in [1.807, 2.05) is 19.9 Å². The molecule has 0 saturated carbocycles. The second kappa shape index (κ2) is 10.6. The Morgan fingerprint density at radius 2 is 1.90 bits per heavy atom. The van der Waals surface area contributed by atoms with E-state index in [-0.39, 0.29) is 5.97 Å². The monoisotopic (exact) mass is 294 g/mol. The number of carbonyl (C=O) groups is 1. The van der Waals surface area contributed by atoms with Crippen LogP contribution >= 0.6 is 0 Å². The summed E-state index contributed by atoms with van der Waals surface area (Å²) in [6.07, 6.45) is 11.9. The predicted molar refractivity (Wildman–Crippen MR) is 91.2 cm³/mol. The minimum absolute atomic E-state index is 0.254. The molecule has 0 aromatic carbocycles. The zero-order valence-electron chi connectivity index (χ0n) is 14.9. The molecule has 0 saturated heterocycles. The van der Waals surface area contributed by atoms with Crippen LogP contribution < -0.4 is 0 Å². The van der Waals surface area contributed by atoms with E-state index in [9.17, 15) is 4.79 Å². The molecule has 0 amide bonds. The van der Waals surface area contributed by atoms with Crippen molar-refractivity contribution in [1.29, 1.82) is 0 Å². The van der Waals surface area contributed by atoms with E-state index < -0.39 is 0 Å². The maximum Gasteiger partial charge on any atom is 0.330 e. The first-order valence-electron chi connectivity index (χ1n) is 8.26. The van der Waals surface area contributed by atoms with Gasteiger partial charge in [0.2, 0.25) is 0 Å². The fourth-order valence-corrected chi connectivity index (χ4v) is 2.19. The van der Waals surface area contributed by atoms with Crippen LogP contribution in [0.2, 0.25) is 0 Å². The number of hydrogen-bond donors (Lipinski definition) is 0. The van der Waals surface area contributed by atoms with E-state index in [4.69, 9.17) is 4.74 Å². The quantitative estimate of drug-likeness (QED) is 0.310. The lowest BCUT2D eigenvalue weighted by Crippen LogP contribution is -2.05. The summed E-state index contributed by atoms with van der Waals surface area (Å²) in [7, 11) is 0. The lowest BCUT2D eigenvalue weighted by atomic mass is 9.87. The van der Waals surface area contributed by atoms with Crippen molar-refractivity contribution >= 4 is 5.97 Å². The van der Waals surface area contributed by atoms with Crippen LogP contribution in [0.5, 0.6) is 0 Å². The fraction of sp³-hybridized carbons (Fsp3) is 0.737. The molecule has 0 N–H and O–H groups in total. The average molecular weight is 294 g/mol. The fourth-order valence-electron chi connectivity index (χ4n) is 2.19. The maximum absolute atomic E-state index is 11.3. The Bertz CT molecular complexity index is 345. The van der Waals surface area contributed by atoms with Crippen LogP contribution in [0.4, 0.5) is 0 Å². The second-order valence-corrected chi connectivity index (χ2v) is 7.18. The molecule has 122 valence electrons. The minimum Gasteiger partial charge on any atom is -0.463 e. The van der Waals surface area contributed by atoms with Crippen molar-refractivity contribution in [3.63, 3.8) is 0 Å². The molecule has 0 heterocycles. The molecule has 0 aromatic heterocycles. The first kappa shape index (κ1) is 19.9. The number of ether oxygens (including phenoxy) is 1. The van der Waals surface area contributed by atoms with Crippen LogP contribution in [0.1, 0.15) is 73.6 Å². The van der Waals surface area contributed by atoms with Gasteiger partial charge in [-0.1, -0.05) is 52.7 Å². The van der Waals surface area contributed by atoms with Gasteiger partial charge in [0.1, 0.15) is 0 Å². The Hall–Kier alpha value is -1.05. The van der Waals surface area contributed by atoms with Gasteiger partial charge in [-0.25, -0.2) is 4.79 Å². The van der Waals surface area contributed by atoms with Crippen LogP contribution in [-0.2, 0) is 9.53 Å². The number of esters is 1. The van der Waals surface area contributed by atoms with Crippen LogP contribution in [-0.4, -0.2) is 12.6 Å². The van der Waals surface area contributed by atoms with E-state index in [2.05, 4.69) is 33.8 Å². The van der Waals surface area contributed by atoms with Crippen LogP contribution in [0, 0.1) is 11.3 Å². The highest BCUT2D eigenvalue weighted by Crippen LogP contribution is 2.24. The lowest BCUT2D eigenvalue weighted by Gasteiger charge is -2.19. The molecule has 0 aromatic rings. The molecule has 2 heteroatoms. The first-order valence-corrected chi connectivity index (χ1v) is 8.26. The van der Waals surface area contributed by atoms with Crippen LogP contribution in [0.25, 0.3) is 0 Å². The largest absolute Gasteiger partial charge is 0.463 e. The molecule has 2 nitrogen and oxygen atoms in total. The van der Waals surface area contributed by atoms with Crippen molar-refractivity contribution in [2.75, 3.05) is 6.61 Å². The van der Waals surface area contributed by atoms with E-state index in [0.717, 1.165) is 17.9 Å². The SMILES string of the molecule is CCOC(=O)C=C(C)C=CCCC(C)CCCC(C)(C)C. The van der Waals surface area contributed by atoms with E-state index in [1.54, 1.807) is 6.08 Å². The summed E-state index contributed by atoms with van der Waals surface area (Å²) in [5.74, 6) is 0.515.